The van der Waals surface area contributed by atoms with Gasteiger partial charge in [-0.1, -0.05) is 27.2 Å². The second-order valence-corrected chi connectivity index (χ2v) is 7.26. The monoisotopic (exact) mass is 278 g/mol. The fraction of sp³-hybridized carbons (Fsp3) is 0.875. The Labute approximate surface area is 123 Å². The summed E-state index contributed by atoms with van der Waals surface area (Å²) in [6, 6.07) is 0.720. The molecule has 2 unspecified atom stereocenters. The smallest absolute Gasteiger partial charge is 0.137 e. The van der Waals surface area contributed by atoms with Gasteiger partial charge in [-0.25, -0.2) is 4.98 Å². The fourth-order valence-corrected chi connectivity index (χ4v) is 3.29. The number of hydrogen-bond acceptors (Lipinski definition) is 3. The Morgan fingerprint density at radius 3 is 2.80 bits per heavy atom. The van der Waals surface area contributed by atoms with Gasteiger partial charge < -0.3 is 5.32 Å². The summed E-state index contributed by atoms with van der Waals surface area (Å²) in [5.41, 5.74) is 0.473. The standard InChI is InChI=1S/C16H30N4/c1-16(2,3)13-6-4-7-14(10-9-13)17-11-5-8-15-18-12-19-20-15/h12-14,17H,4-11H2,1-3H3,(H,18,19,20). The molecule has 0 radical (unpaired) electrons. The van der Waals surface area contributed by atoms with Crippen molar-refractivity contribution in [3.8, 4) is 0 Å². The van der Waals surface area contributed by atoms with Gasteiger partial charge in [-0.3, -0.25) is 5.10 Å². The molecule has 2 N–H and O–H groups in total. The summed E-state index contributed by atoms with van der Waals surface area (Å²) in [5.74, 6) is 1.89. The fourth-order valence-electron chi connectivity index (χ4n) is 3.29. The zero-order valence-electron chi connectivity index (χ0n) is 13.3. The predicted octanol–water partition coefficient (Wildman–Crippen LogP) is 3.32. The molecule has 0 aromatic carbocycles. The Kier molecular flexibility index (Phi) is 5.58. The molecule has 20 heavy (non-hydrogen) atoms. The molecule has 0 saturated heterocycles. The van der Waals surface area contributed by atoms with Gasteiger partial charge in [0.25, 0.3) is 0 Å². The van der Waals surface area contributed by atoms with Crippen molar-refractivity contribution < 1.29 is 0 Å². The number of rotatable bonds is 5. The summed E-state index contributed by atoms with van der Waals surface area (Å²) in [6.45, 7) is 8.26. The van der Waals surface area contributed by atoms with E-state index in [9.17, 15) is 0 Å². The Balaban J connectivity index is 1.64. The minimum atomic E-state index is 0.473. The second-order valence-electron chi connectivity index (χ2n) is 7.26. The van der Waals surface area contributed by atoms with E-state index in [4.69, 9.17) is 0 Å². The van der Waals surface area contributed by atoms with E-state index in [2.05, 4.69) is 41.3 Å². The minimum Gasteiger partial charge on any atom is -0.314 e. The van der Waals surface area contributed by atoms with Crippen LogP contribution in [0.3, 0.4) is 0 Å². The highest BCUT2D eigenvalue weighted by atomic mass is 15.2. The number of aromatic amines is 1. The Morgan fingerprint density at radius 2 is 2.10 bits per heavy atom. The van der Waals surface area contributed by atoms with E-state index in [1.807, 2.05) is 0 Å². The molecule has 1 heterocycles. The molecule has 4 heteroatoms. The Hall–Kier alpha value is -0.900. The van der Waals surface area contributed by atoms with Crippen molar-refractivity contribution in [2.45, 2.75) is 71.8 Å². The van der Waals surface area contributed by atoms with Crippen LogP contribution in [-0.4, -0.2) is 27.8 Å². The molecular weight excluding hydrogens is 248 g/mol. The first-order chi connectivity index (χ1) is 9.55. The summed E-state index contributed by atoms with van der Waals surface area (Å²) >= 11 is 0. The van der Waals surface area contributed by atoms with Crippen LogP contribution in [-0.2, 0) is 6.42 Å². The Bertz CT molecular complexity index is 366. The largest absolute Gasteiger partial charge is 0.314 e. The third-order valence-corrected chi connectivity index (χ3v) is 4.68. The molecular formula is C16H30N4. The number of nitrogens with one attached hydrogen (secondary N) is 2. The molecule has 1 fully saturated rings. The maximum atomic E-state index is 4.16. The number of aromatic nitrogens is 3. The van der Waals surface area contributed by atoms with Gasteiger partial charge >= 0.3 is 0 Å². The number of hydrogen-bond donors (Lipinski definition) is 2. The highest BCUT2D eigenvalue weighted by Crippen LogP contribution is 2.36. The molecule has 1 aromatic rings. The van der Waals surface area contributed by atoms with Crippen molar-refractivity contribution in [1.29, 1.82) is 0 Å². The van der Waals surface area contributed by atoms with Gasteiger partial charge in [0.15, 0.2) is 0 Å². The van der Waals surface area contributed by atoms with E-state index in [0.29, 0.717) is 5.41 Å². The summed E-state index contributed by atoms with van der Waals surface area (Å²) in [5, 5.41) is 10.5. The first-order valence-electron chi connectivity index (χ1n) is 8.13. The molecule has 0 aliphatic heterocycles. The van der Waals surface area contributed by atoms with Gasteiger partial charge in [-0.2, -0.15) is 5.10 Å². The maximum Gasteiger partial charge on any atom is 0.137 e. The number of aryl methyl sites for hydroxylation is 1. The molecule has 0 amide bonds. The number of H-pyrrole nitrogens is 1. The van der Waals surface area contributed by atoms with E-state index in [0.717, 1.165) is 37.2 Å². The topological polar surface area (TPSA) is 53.6 Å². The molecule has 2 atom stereocenters. The average Bonchev–Trinajstić information content (AvgIpc) is 2.77. The van der Waals surface area contributed by atoms with Crippen LogP contribution in [0.5, 0.6) is 0 Å². The van der Waals surface area contributed by atoms with Gasteiger partial charge in [0, 0.05) is 12.5 Å². The van der Waals surface area contributed by atoms with E-state index in [1.165, 1.54) is 32.1 Å². The van der Waals surface area contributed by atoms with Crippen molar-refractivity contribution in [3.05, 3.63) is 12.2 Å². The first-order valence-corrected chi connectivity index (χ1v) is 8.13. The predicted molar refractivity (Wildman–Crippen MR) is 82.5 cm³/mol. The SMILES string of the molecule is CC(C)(C)C1CCCC(NCCCc2ncn[nH]2)CC1. The lowest BCUT2D eigenvalue weighted by atomic mass is 9.76. The van der Waals surface area contributed by atoms with Crippen LogP contribution < -0.4 is 5.32 Å². The van der Waals surface area contributed by atoms with Gasteiger partial charge in [-0.05, 0) is 50.0 Å². The molecule has 1 aliphatic rings. The molecule has 114 valence electrons. The van der Waals surface area contributed by atoms with Gasteiger partial charge in [0.1, 0.15) is 12.2 Å². The lowest BCUT2D eigenvalue weighted by Gasteiger charge is -2.29. The summed E-state index contributed by atoms with van der Waals surface area (Å²) in [4.78, 5) is 4.16. The molecule has 4 nitrogen and oxygen atoms in total. The van der Waals surface area contributed by atoms with Crippen LogP contribution in [0.25, 0.3) is 0 Å². The highest BCUT2D eigenvalue weighted by Gasteiger charge is 2.27. The molecule has 1 aliphatic carbocycles. The van der Waals surface area contributed by atoms with Crippen molar-refractivity contribution in [2.24, 2.45) is 11.3 Å². The van der Waals surface area contributed by atoms with Crippen LogP contribution >= 0.6 is 0 Å². The third kappa shape index (κ3) is 4.89. The summed E-state index contributed by atoms with van der Waals surface area (Å²) < 4.78 is 0. The number of nitrogens with zero attached hydrogens (tertiary/aromatic N) is 2. The van der Waals surface area contributed by atoms with Crippen molar-refractivity contribution >= 4 is 0 Å². The molecule has 2 rings (SSSR count). The van der Waals surface area contributed by atoms with Crippen LogP contribution in [0.2, 0.25) is 0 Å². The lowest BCUT2D eigenvalue weighted by molar-refractivity contribution is 0.213. The quantitative estimate of drug-likeness (QED) is 0.641. The molecule has 0 bridgehead atoms. The second kappa shape index (κ2) is 7.21. The van der Waals surface area contributed by atoms with Gasteiger partial charge in [-0.15, -0.1) is 0 Å². The van der Waals surface area contributed by atoms with E-state index < -0.39 is 0 Å². The normalized spacial score (nSPS) is 24.6. The highest BCUT2D eigenvalue weighted by molar-refractivity contribution is 4.82. The minimum absolute atomic E-state index is 0.473. The van der Waals surface area contributed by atoms with Gasteiger partial charge in [0.05, 0.1) is 0 Å². The van der Waals surface area contributed by atoms with E-state index in [1.54, 1.807) is 6.33 Å². The third-order valence-electron chi connectivity index (χ3n) is 4.68. The van der Waals surface area contributed by atoms with Crippen LogP contribution in [0, 0.1) is 11.3 Å². The Morgan fingerprint density at radius 1 is 1.25 bits per heavy atom. The molecule has 0 spiro atoms. The van der Waals surface area contributed by atoms with Crippen molar-refractivity contribution in [2.75, 3.05) is 6.54 Å². The molecule has 1 aromatic heterocycles. The maximum absolute atomic E-state index is 4.16. The lowest BCUT2D eigenvalue weighted by Crippen LogP contribution is -2.30. The van der Waals surface area contributed by atoms with Crippen molar-refractivity contribution in [3.63, 3.8) is 0 Å². The van der Waals surface area contributed by atoms with Crippen LogP contribution in [0.15, 0.2) is 6.33 Å². The summed E-state index contributed by atoms with van der Waals surface area (Å²) in [6.07, 6.45) is 10.5. The summed E-state index contributed by atoms with van der Waals surface area (Å²) in [7, 11) is 0. The van der Waals surface area contributed by atoms with E-state index >= 15 is 0 Å². The average molecular weight is 278 g/mol. The van der Waals surface area contributed by atoms with Crippen LogP contribution in [0.1, 0.15) is 65.1 Å². The van der Waals surface area contributed by atoms with Crippen molar-refractivity contribution in [1.82, 2.24) is 20.5 Å². The van der Waals surface area contributed by atoms with E-state index in [-0.39, 0.29) is 0 Å². The zero-order valence-corrected chi connectivity index (χ0v) is 13.3. The zero-order chi connectivity index (χ0) is 14.4. The van der Waals surface area contributed by atoms with Crippen LogP contribution in [0.4, 0.5) is 0 Å². The van der Waals surface area contributed by atoms with Gasteiger partial charge in [0.2, 0.25) is 0 Å². The molecule has 1 saturated carbocycles. The first kappa shape index (κ1) is 15.5.